The summed E-state index contributed by atoms with van der Waals surface area (Å²) in [5.41, 5.74) is 2.54. The summed E-state index contributed by atoms with van der Waals surface area (Å²) in [4.78, 5) is 12.5. The molecule has 4 aliphatic rings. The molecule has 1 aromatic carbocycles. The highest BCUT2D eigenvalue weighted by Gasteiger charge is 2.64. The van der Waals surface area contributed by atoms with Crippen molar-refractivity contribution in [1.82, 2.24) is 5.32 Å². The highest BCUT2D eigenvalue weighted by atomic mass is 16.5. The fraction of sp³-hybridized carbons (Fsp3) is 0.588. The van der Waals surface area contributed by atoms with Gasteiger partial charge in [0.05, 0.1) is 7.11 Å². The third kappa shape index (κ3) is 1.24. The largest absolute Gasteiger partial charge is 0.493 e. The average Bonchev–Trinajstić information content (AvgIpc) is 2.83. The van der Waals surface area contributed by atoms with Crippen molar-refractivity contribution in [3.05, 3.63) is 23.3 Å². The summed E-state index contributed by atoms with van der Waals surface area (Å²) in [7, 11) is 1.68. The zero-order valence-corrected chi connectivity index (χ0v) is 12.1. The lowest BCUT2D eigenvalue weighted by molar-refractivity contribution is -0.135. The van der Waals surface area contributed by atoms with E-state index < -0.39 is 0 Å². The molecule has 1 saturated carbocycles. The highest BCUT2D eigenvalue weighted by Crippen LogP contribution is 2.61. The number of benzene rings is 1. The molecule has 5 rings (SSSR count). The van der Waals surface area contributed by atoms with E-state index in [1.807, 2.05) is 6.07 Å². The van der Waals surface area contributed by atoms with Crippen molar-refractivity contribution < 1.29 is 14.3 Å². The van der Waals surface area contributed by atoms with Gasteiger partial charge < -0.3 is 14.8 Å². The van der Waals surface area contributed by atoms with Crippen LogP contribution < -0.4 is 14.8 Å². The van der Waals surface area contributed by atoms with Crippen LogP contribution in [0.5, 0.6) is 11.5 Å². The van der Waals surface area contributed by atoms with Crippen molar-refractivity contribution >= 4 is 5.78 Å². The fourth-order valence-corrected chi connectivity index (χ4v) is 5.40. The number of rotatable bonds is 1. The number of hydrogen-bond acceptors (Lipinski definition) is 4. The lowest BCUT2D eigenvalue weighted by atomic mass is 9.52. The third-order valence-electron chi connectivity index (χ3n) is 6.12. The summed E-state index contributed by atoms with van der Waals surface area (Å²) in [5.74, 6) is 2.43. The molecule has 110 valence electrons. The molecule has 1 aromatic rings. The van der Waals surface area contributed by atoms with E-state index in [9.17, 15) is 4.79 Å². The van der Waals surface area contributed by atoms with Gasteiger partial charge in [-0.3, -0.25) is 4.79 Å². The van der Waals surface area contributed by atoms with E-state index in [1.165, 1.54) is 11.1 Å². The predicted octanol–water partition coefficient (Wildman–Crippen LogP) is 1.59. The Morgan fingerprint density at radius 1 is 1.43 bits per heavy atom. The van der Waals surface area contributed by atoms with Gasteiger partial charge in [0.2, 0.25) is 0 Å². The molecule has 4 atom stereocenters. The number of piperidine rings is 1. The van der Waals surface area contributed by atoms with E-state index in [0.29, 0.717) is 18.4 Å². The molecular weight excluding hydrogens is 266 g/mol. The molecule has 2 fully saturated rings. The number of methoxy groups -OCH3 is 1. The van der Waals surface area contributed by atoms with Crippen LogP contribution in [0, 0.1) is 5.92 Å². The number of nitrogens with one attached hydrogen (secondary N) is 1. The molecule has 4 heteroatoms. The first-order valence-corrected chi connectivity index (χ1v) is 7.89. The second kappa shape index (κ2) is 3.80. The Morgan fingerprint density at radius 3 is 3.19 bits per heavy atom. The number of hydrogen-bond donors (Lipinski definition) is 1. The van der Waals surface area contributed by atoms with Gasteiger partial charge in [-0.05, 0) is 43.4 Å². The first-order chi connectivity index (χ1) is 10.3. The van der Waals surface area contributed by atoms with Gasteiger partial charge in [0.1, 0.15) is 0 Å². The quantitative estimate of drug-likeness (QED) is 0.851. The van der Waals surface area contributed by atoms with Crippen molar-refractivity contribution in [2.45, 2.75) is 43.2 Å². The smallest absolute Gasteiger partial charge is 0.174 e. The Balaban J connectivity index is 1.83. The van der Waals surface area contributed by atoms with Gasteiger partial charge >= 0.3 is 0 Å². The summed E-state index contributed by atoms with van der Waals surface area (Å²) in [6.45, 7) is 0.977. The molecule has 2 aliphatic heterocycles. The highest BCUT2D eigenvalue weighted by molar-refractivity contribution is 5.89. The second-order valence-corrected chi connectivity index (χ2v) is 6.80. The molecule has 1 N–H and O–H groups in total. The molecule has 0 radical (unpaired) electrons. The van der Waals surface area contributed by atoms with Gasteiger partial charge in [0.25, 0.3) is 0 Å². The number of carbonyl (C=O) groups is 1. The lowest BCUT2D eigenvalue weighted by Crippen LogP contribution is -2.65. The maximum absolute atomic E-state index is 12.5. The van der Waals surface area contributed by atoms with E-state index in [0.717, 1.165) is 37.3 Å². The van der Waals surface area contributed by atoms with Crippen LogP contribution in [0.25, 0.3) is 0 Å². The van der Waals surface area contributed by atoms with Crippen LogP contribution in [0.2, 0.25) is 0 Å². The summed E-state index contributed by atoms with van der Waals surface area (Å²) in [6.07, 6.45) is 3.40. The van der Waals surface area contributed by atoms with Crippen molar-refractivity contribution in [3.63, 3.8) is 0 Å². The maximum Gasteiger partial charge on any atom is 0.174 e. The van der Waals surface area contributed by atoms with Gasteiger partial charge in [-0.1, -0.05) is 6.07 Å². The Bertz CT molecular complexity index is 656. The fourth-order valence-electron chi connectivity index (χ4n) is 5.40. The van der Waals surface area contributed by atoms with E-state index in [4.69, 9.17) is 9.47 Å². The number of ketones is 1. The zero-order valence-electron chi connectivity index (χ0n) is 12.1. The van der Waals surface area contributed by atoms with E-state index >= 15 is 0 Å². The van der Waals surface area contributed by atoms with Gasteiger partial charge in [-0.25, -0.2) is 0 Å². The minimum Gasteiger partial charge on any atom is -0.493 e. The van der Waals surface area contributed by atoms with Crippen LogP contribution in [-0.2, 0) is 16.6 Å². The van der Waals surface area contributed by atoms with Gasteiger partial charge in [-0.15, -0.1) is 0 Å². The molecule has 4 nitrogen and oxygen atoms in total. The Kier molecular flexibility index (Phi) is 2.18. The van der Waals surface area contributed by atoms with E-state index in [2.05, 4.69) is 11.4 Å². The Labute approximate surface area is 123 Å². The molecular formula is C17H19NO3. The van der Waals surface area contributed by atoms with E-state index in [-0.39, 0.29) is 17.3 Å². The van der Waals surface area contributed by atoms with Crippen LogP contribution in [-0.4, -0.2) is 31.6 Å². The Morgan fingerprint density at radius 2 is 2.33 bits per heavy atom. The normalized spacial score (nSPS) is 38.7. The van der Waals surface area contributed by atoms with Crippen molar-refractivity contribution in [2.24, 2.45) is 5.92 Å². The lowest BCUT2D eigenvalue weighted by Gasteiger charge is -2.54. The third-order valence-corrected chi connectivity index (χ3v) is 6.12. The summed E-state index contributed by atoms with van der Waals surface area (Å²) in [5, 5.41) is 3.67. The van der Waals surface area contributed by atoms with Gasteiger partial charge in [-0.2, -0.15) is 0 Å². The van der Waals surface area contributed by atoms with Crippen LogP contribution in [0.3, 0.4) is 0 Å². The minimum atomic E-state index is -0.286. The molecule has 0 amide bonds. The maximum atomic E-state index is 12.5. The molecule has 0 aromatic heterocycles. The summed E-state index contributed by atoms with van der Waals surface area (Å²) < 4.78 is 11.7. The zero-order chi connectivity index (χ0) is 14.2. The molecule has 2 bridgehead atoms. The first-order valence-electron chi connectivity index (χ1n) is 7.89. The van der Waals surface area contributed by atoms with Crippen molar-refractivity contribution in [3.8, 4) is 11.5 Å². The van der Waals surface area contributed by atoms with E-state index in [1.54, 1.807) is 7.11 Å². The Hall–Kier alpha value is -1.55. The molecule has 3 unspecified atom stereocenters. The number of ether oxygens (including phenoxy) is 2. The molecule has 1 spiro atoms. The monoisotopic (exact) mass is 285 g/mol. The topological polar surface area (TPSA) is 47.6 Å². The number of carbonyl (C=O) groups excluding carboxylic acids is 1. The van der Waals surface area contributed by atoms with Crippen molar-refractivity contribution in [2.75, 3.05) is 13.7 Å². The van der Waals surface area contributed by atoms with Crippen LogP contribution in [0.1, 0.15) is 30.4 Å². The van der Waals surface area contributed by atoms with Crippen LogP contribution in [0.15, 0.2) is 12.1 Å². The molecule has 2 aliphatic carbocycles. The SMILES string of the molecule is COc1ccc2c3c1OC1C(=O)CCC4C(C2)NCC[C@]314. The van der Waals surface area contributed by atoms with Crippen molar-refractivity contribution in [1.29, 1.82) is 0 Å². The first kappa shape index (κ1) is 12.0. The molecule has 21 heavy (non-hydrogen) atoms. The average molecular weight is 285 g/mol. The molecule has 2 heterocycles. The van der Waals surface area contributed by atoms with Crippen LogP contribution in [0.4, 0.5) is 0 Å². The minimum absolute atomic E-state index is 0.0945. The standard InChI is InChI=1S/C17H19NO3/c1-20-13-5-2-9-8-11-10-3-4-12(19)16-17(10,6-7-18-11)14(9)15(13)21-16/h2,5,10-11,16,18H,3-4,6-8H2,1H3/t10?,11?,16?,17-/m0/s1. The molecule has 1 saturated heterocycles. The van der Waals surface area contributed by atoms with Crippen LogP contribution >= 0.6 is 0 Å². The number of Topliss-reactive ketones (excluding diaryl/α,β-unsaturated/α-hetero) is 1. The predicted molar refractivity (Wildman–Crippen MR) is 76.9 cm³/mol. The van der Waals surface area contributed by atoms with Gasteiger partial charge in [0.15, 0.2) is 23.4 Å². The van der Waals surface area contributed by atoms with Gasteiger partial charge in [0, 0.05) is 23.4 Å². The summed E-state index contributed by atoms with van der Waals surface area (Å²) in [6, 6.07) is 4.65. The summed E-state index contributed by atoms with van der Waals surface area (Å²) >= 11 is 0. The second-order valence-electron chi connectivity index (χ2n) is 6.80.